The number of amides is 2. The molecule has 6 nitrogen and oxygen atoms in total. The molecule has 190 valence electrons. The highest BCUT2D eigenvalue weighted by atomic mass is 35.5. The monoisotopic (exact) mass is 551 g/mol. The minimum absolute atomic E-state index is 0.174. The van der Waals surface area contributed by atoms with Crippen LogP contribution in [0, 0.1) is 0 Å². The lowest BCUT2D eigenvalue weighted by atomic mass is 10.1. The van der Waals surface area contributed by atoms with Crippen LogP contribution >= 0.6 is 34.8 Å². The number of aliphatic hydroxyl groups is 1. The van der Waals surface area contributed by atoms with Crippen molar-refractivity contribution in [2.24, 2.45) is 5.10 Å². The molecule has 0 saturated carbocycles. The zero-order chi connectivity index (χ0) is 26.2. The van der Waals surface area contributed by atoms with Crippen LogP contribution in [-0.4, -0.2) is 53.0 Å². The molecule has 0 radical (unpaired) electrons. The lowest BCUT2D eigenvalue weighted by Gasteiger charge is -2.20. The number of nitrogens with zero attached hydrogens (tertiary/aromatic N) is 2. The van der Waals surface area contributed by atoms with Crippen molar-refractivity contribution >= 4 is 52.3 Å². The molecule has 2 amide bonds. The van der Waals surface area contributed by atoms with Crippen molar-refractivity contribution < 1.29 is 27.9 Å². The van der Waals surface area contributed by atoms with Crippen LogP contribution in [0.5, 0.6) is 0 Å². The van der Waals surface area contributed by atoms with E-state index in [0.29, 0.717) is 38.3 Å². The molecule has 0 saturated heterocycles. The van der Waals surface area contributed by atoms with E-state index >= 15 is 0 Å². The van der Waals surface area contributed by atoms with E-state index in [1.165, 1.54) is 0 Å². The van der Waals surface area contributed by atoms with E-state index in [0.717, 1.165) is 5.01 Å². The molecule has 2 aromatic carbocycles. The second-order valence-corrected chi connectivity index (χ2v) is 8.77. The smallest absolute Gasteiger partial charge is 0.384 e. The molecule has 12 heteroatoms. The van der Waals surface area contributed by atoms with E-state index in [1.54, 1.807) is 49.4 Å². The largest absolute Gasteiger partial charge is 0.414 e. The Bertz CT molecular complexity index is 1060. The number of alkyl halides is 3. The first-order valence-corrected chi connectivity index (χ1v) is 11.6. The van der Waals surface area contributed by atoms with E-state index < -0.39 is 43.5 Å². The van der Waals surface area contributed by atoms with Crippen LogP contribution in [0.15, 0.2) is 47.6 Å². The summed E-state index contributed by atoms with van der Waals surface area (Å²) in [6.07, 6.45) is -8.67. The van der Waals surface area contributed by atoms with Crippen LogP contribution in [0.25, 0.3) is 0 Å². The number of rotatable bonds is 10. The second kappa shape index (κ2) is 13.1. The van der Waals surface area contributed by atoms with Crippen LogP contribution in [0.1, 0.15) is 30.9 Å². The molecule has 35 heavy (non-hydrogen) atoms. The Labute approximate surface area is 215 Å². The first kappa shape index (κ1) is 28.9. The molecule has 0 aliphatic carbocycles. The third-order valence-corrected chi connectivity index (χ3v) is 5.98. The van der Waals surface area contributed by atoms with Gasteiger partial charge in [-0.25, -0.2) is 5.01 Å². The van der Waals surface area contributed by atoms with Gasteiger partial charge in [0.15, 0.2) is 0 Å². The van der Waals surface area contributed by atoms with Gasteiger partial charge in [-0.15, -0.1) is 0 Å². The average molecular weight is 553 g/mol. The van der Waals surface area contributed by atoms with Gasteiger partial charge in [-0.05, 0) is 49.1 Å². The van der Waals surface area contributed by atoms with Gasteiger partial charge in [0.05, 0.1) is 15.8 Å². The highest BCUT2D eigenvalue weighted by Gasteiger charge is 2.38. The molecular formula is C23H23Cl3F3N3O3. The van der Waals surface area contributed by atoms with Crippen molar-refractivity contribution in [1.82, 2.24) is 10.3 Å². The highest BCUT2D eigenvalue weighted by Crippen LogP contribution is 2.26. The Morgan fingerprint density at radius 2 is 1.77 bits per heavy atom. The van der Waals surface area contributed by atoms with E-state index in [-0.39, 0.29) is 6.54 Å². The Morgan fingerprint density at radius 1 is 1.11 bits per heavy atom. The maximum atomic E-state index is 12.6. The van der Waals surface area contributed by atoms with Crippen LogP contribution in [0.4, 0.5) is 13.2 Å². The summed E-state index contributed by atoms with van der Waals surface area (Å²) in [6, 6.07) is 11.6. The van der Waals surface area contributed by atoms with Crippen LogP contribution in [0.3, 0.4) is 0 Å². The Hall–Kier alpha value is -2.33. The number of halogens is 6. The zero-order valence-electron chi connectivity index (χ0n) is 18.6. The fraction of sp³-hybridized carbons (Fsp3) is 0.348. The summed E-state index contributed by atoms with van der Waals surface area (Å²) in [7, 11) is 0. The molecule has 0 bridgehead atoms. The minimum atomic E-state index is -4.85. The fourth-order valence-electron chi connectivity index (χ4n) is 2.93. The van der Waals surface area contributed by atoms with Crippen LogP contribution in [-0.2, 0) is 16.0 Å². The molecule has 1 atom stereocenters. The van der Waals surface area contributed by atoms with Gasteiger partial charge >= 0.3 is 6.18 Å². The molecule has 2 N–H and O–H groups in total. The van der Waals surface area contributed by atoms with Crippen molar-refractivity contribution in [1.29, 1.82) is 0 Å². The summed E-state index contributed by atoms with van der Waals surface area (Å²) in [5.74, 6) is -1.44. The van der Waals surface area contributed by atoms with Gasteiger partial charge < -0.3 is 10.4 Å². The van der Waals surface area contributed by atoms with E-state index in [2.05, 4.69) is 10.4 Å². The predicted octanol–water partition coefficient (Wildman–Crippen LogP) is 5.26. The summed E-state index contributed by atoms with van der Waals surface area (Å²) >= 11 is 18.0. The normalized spacial score (nSPS) is 12.9. The number of carbonyl (C=O) groups excluding carboxylic acids is 2. The lowest BCUT2D eigenvalue weighted by Crippen LogP contribution is -2.39. The molecular weight excluding hydrogens is 530 g/mol. The van der Waals surface area contributed by atoms with Gasteiger partial charge in [0.25, 0.3) is 0 Å². The number of hydrogen-bond donors (Lipinski definition) is 2. The number of carbonyl (C=O) groups is 2. The fourth-order valence-corrected chi connectivity index (χ4v) is 3.47. The van der Waals surface area contributed by atoms with E-state index in [9.17, 15) is 27.9 Å². The molecule has 0 spiro atoms. The predicted molar refractivity (Wildman–Crippen MR) is 130 cm³/mol. The third kappa shape index (κ3) is 9.33. The van der Waals surface area contributed by atoms with Gasteiger partial charge in [0.1, 0.15) is 12.6 Å². The second-order valence-electron chi connectivity index (χ2n) is 7.55. The first-order chi connectivity index (χ1) is 16.4. The van der Waals surface area contributed by atoms with Gasteiger partial charge in [0, 0.05) is 18.0 Å². The van der Waals surface area contributed by atoms with E-state index in [1.807, 2.05) is 0 Å². The topological polar surface area (TPSA) is 82.0 Å². The van der Waals surface area contributed by atoms with Gasteiger partial charge in [-0.3, -0.25) is 9.59 Å². The summed E-state index contributed by atoms with van der Waals surface area (Å²) in [5, 5.41) is 18.0. The van der Waals surface area contributed by atoms with Crippen LogP contribution < -0.4 is 5.32 Å². The standard InChI is InChI=1S/C23H23Cl3F3N3O3/c1-14(15-5-7-17(24)8-6-15)31-32(21(35)10-9-19(33)23(27,28)29)13-20(34)30-12-11-16-3-2-4-18(25)22(16)26/h2-8,19,33H,9-13H2,1H3,(H,30,34)/b31-14+. The minimum Gasteiger partial charge on any atom is -0.384 e. The Balaban J connectivity index is 2.09. The van der Waals surface area contributed by atoms with Gasteiger partial charge in [-0.2, -0.15) is 18.3 Å². The molecule has 0 aliphatic rings. The van der Waals surface area contributed by atoms with E-state index in [4.69, 9.17) is 34.8 Å². The van der Waals surface area contributed by atoms with Crippen molar-refractivity contribution in [2.75, 3.05) is 13.1 Å². The molecule has 0 fully saturated rings. The van der Waals surface area contributed by atoms with Crippen molar-refractivity contribution in [3.8, 4) is 0 Å². The average Bonchev–Trinajstić information content (AvgIpc) is 2.79. The Kier molecular flexibility index (Phi) is 10.8. The van der Waals surface area contributed by atoms with Crippen molar-refractivity contribution in [2.45, 2.75) is 38.5 Å². The highest BCUT2D eigenvalue weighted by molar-refractivity contribution is 6.42. The Morgan fingerprint density at radius 3 is 2.40 bits per heavy atom. The molecule has 0 heterocycles. The molecule has 0 aromatic heterocycles. The van der Waals surface area contributed by atoms with Crippen LogP contribution in [0.2, 0.25) is 15.1 Å². The van der Waals surface area contributed by atoms with Gasteiger partial charge in [0.2, 0.25) is 11.8 Å². The first-order valence-electron chi connectivity index (χ1n) is 10.4. The number of hydrogen-bond acceptors (Lipinski definition) is 4. The third-order valence-electron chi connectivity index (χ3n) is 4.87. The van der Waals surface area contributed by atoms with Gasteiger partial charge in [-0.1, -0.05) is 59.1 Å². The summed E-state index contributed by atoms with van der Waals surface area (Å²) in [5.41, 5.74) is 1.65. The maximum Gasteiger partial charge on any atom is 0.414 e. The summed E-state index contributed by atoms with van der Waals surface area (Å²) < 4.78 is 37.8. The zero-order valence-corrected chi connectivity index (χ0v) is 20.8. The molecule has 1 unspecified atom stereocenters. The number of aliphatic hydroxyl groups excluding tert-OH is 1. The number of hydrazone groups is 1. The van der Waals surface area contributed by atoms with Crippen molar-refractivity contribution in [3.05, 3.63) is 68.7 Å². The number of benzene rings is 2. The molecule has 2 aromatic rings. The SMILES string of the molecule is C/C(=N\N(CC(=O)NCCc1cccc(Cl)c1Cl)C(=O)CCC(O)C(F)(F)F)c1ccc(Cl)cc1. The van der Waals surface area contributed by atoms with Crippen molar-refractivity contribution in [3.63, 3.8) is 0 Å². The lowest BCUT2D eigenvalue weighted by molar-refractivity contribution is -0.205. The quantitative estimate of drug-likeness (QED) is 0.312. The summed E-state index contributed by atoms with van der Waals surface area (Å²) in [4.78, 5) is 25.1. The molecule has 2 rings (SSSR count). The maximum absolute atomic E-state index is 12.6. The number of nitrogens with one attached hydrogen (secondary N) is 1. The molecule has 0 aliphatic heterocycles. The summed E-state index contributed by atoms with van der Waals surface area (Å²) in [6.45, 7) is 1.22.